The number of rotatable bonds is 6. The Morgan fingerprint density at radius 2 is 2.10 bits per heavy atom. The first kappa shape index (κ1) is 18.2. The zero-order chi connectivity index (χ0) is 16.0. The Hall–Kier alpha value is -0.810. The van der Waals surface area contributed by atoms with Gasteiger partial charge in [-0.3, -0.25) is 0 Å². The third-order valence-electron chi connectivity index (χ3n) is 3.48. The van der Waals surface area contributed by atoms with Gasteiger partial charge in [-0.15, -0.1) is 0 Å². The third-order valence-corrected chi connectivity index (χ3v) is 3.48. The Morgan fingerprint density at radius 1 is 1.43 bits per heavy atom. The average molecular weight is 300 g/mol. The number of carbonyl (C=O) groups is 1. The van der Waals surface area contributed by atoms with Crippen LogP contribution in [0.25, 0.3) is 0 Å². The molecule has 0 radical (unpaired) electrons. The lowest BCUT2D eigenvalue weighted by Crippen LogP contribution is -2.39. The summed E-state index contributed by atoms with van der Waals surface area (Å²) >= 11 is 0. The summed E-state index contributed by atoms with van der Waals surface area (Å²) < 4.78 is 11.1. The van der Waals surface area contributed by atoms with Gasteiger partial charge in [0.25, 0.3) is 0 Å². The van der Waals surface area contributed by atoms with E-state index in [1.54, 1.807) is 11.9 Å². The summed E-state index contributed by atoms with van der Waals surface area (Å²) in [5.74, 6) is 0.376. The van der Waals surface area contributed by atoms with Crippen molar-refractivity contribution in [3.05, 3.63) is 0 Å². The minimum atomic E-state index is -0.441. The van der Waals surface area contributed by atoms with Crippen molar-refractivity contribution < 1.29 is 14.3 Å². The SMILES string of the molecule is CC(CNCC1CCC(C)O1)CN(C)C(=O)OC(C)(C)C. The topological polar surface area (TPSA) is 50.8 Å². The summed E-state index contributed by atoms with van der Waals surface area (Å²) in [5, 5.41) is 3.44. The van der Waals surface area contributed by atoms with E-state index < -0.39 is 5.60 Å². The van der Waals surface area contributed by atoms with Crippen LogP contribution in [0.1, 0.15) is 47.5 Å². The van der Waals surface area contributed by atoms with Crippen molar-refractivity contribution in [2.45, 2.75) is 65.3 Å². The molecule has 1 N–H and O–H groups in total. The van der Waals surface area contributed by atoms with Crippen LogP contribution in [0.15, 0.2) is 0 Å². The molecule has 0 aromatic carbocycles. The molecule has 1 fully saturated rings. The number of amides is 1. The predicted octanol–water partition coefficient (Wildman–Crippen LogP) is 2.65. The molecule has 0 bridgehead atoms. The van der Waals surface area contributed by atoms with Gasteiger partial charge in [0.2, 0.25) is 0 Å². The molecule has 1 saturated heterocycles. The zero-order valence-corrected chi connectivity index (χ0v) is 14.4. The largest absolute Gasteiger partial charge is 0.444 e. The Bertz CT molecular complexity index is 328. The number of ether oxygens (including phenoxy) is 2. The lowest BCUT2D eigenvalue weighted by Gasteiger charge is -2.26. The van der Waals surface area contributed by atoms with Crippen molar-refractivity contribution in [1.82, 2.24) is 10.2 Å². The normalized spacial score (nSPS) is 23.9. The molecule has 0 spiro atoms. The molecule has 1 aliphatic heterocycles. The summed E-state index contributed by atoms with van der Waals surface area (Å²) in [6, 6.07) is 0. The molecule has 3 atom stereocenters. The number of nitrogens with one attached hydrogen (secondary N) is 1. The monoisotopic (exact) mass is 300 g/mol. The van der Waals surface area contributed by atoms with Crippen LogP contribution in [0.3, 0.4) is 0 Å². The van der Waals surface area contributed by atoms with Gasteiger partial charge in [0, 0.05) is 20.1 Å². The first-order valence-electron chi connectivity index (χ1n) is 7.97. The maximum absolute atomic E-state index is 11.9. The highest BCUT2D eigenvalue weighted by atomic mass is 16.6. The van der Waals surface area contributed by atoms with E-state index in [4.69, 9.17) is 9.47 Å². The maximum atomic E-state index is 11.9. The van der Waals surface area contributed by atoms with E-state index in [-0.39, 0.29) is 6.09 Å². The first-order valence-corrected chi connectivity index (χ1v) is 7.97. The lowest BCUT2D eigenvalue weighted by atomic mass is 10.1. The van der Waals surface area contributed by atoms with E-state index in [0.717, 1.165) is 25.9 Å². The van der Waals surface area contributed by atoms with Crippen LogP contribution >= 0.6 is 0 Å². The van der Waals surface area contributed by atoms with Crippen LogP contribution in [-0.4, -0.2) is 55.5 Å². The molecule has 5 heteroatoms. The fraction of sp³-hybridized carbons (Fsp3) is 0.938. The van der Waals surface area contributed by atoms with E-state index in [1.165, 1.54) is 0 Å². The van der Waals surface area contributed by atoms with Gasteiger partial charge in [-0.1, -0.05) is 6.92 Å². The minimum Gasteiger partial charge on any atom is -0.444 e. The molecule has 124 valence electrons. The highest BCUT2D eigenvalue weighted by Gasteiger charge is 2.22. The van der Waals surface area contributed by atoms with E-state index >= 15 is 0 Å². The molecular formula is C16H32N2O3. The van der Waals surface area contributed by atoms with Crippen LogP contribution < -0.4 is 5.32 Å². The standard InChI is InChI=1S/C16H32N2O3/c1-12(9-17-10-14-8-7-13(2)20-14)11-18(6)15(19)21-16(3,4)5/h12-14,17H,7-11H2,1-6H3. The first-order chi connectivity index (χ1) is 9.67. The fourth-order valence-electron chi connectivity index (χ4n) is 2.47. The van der Waals surface area contributed by atoms with Gasteiger partial charge in [0.05, 0.1) is 12.2 Å². The van der Waals surface area contributed by atoms with Gasteiger partial charge >= 0.3 is 6.09 Å². The van der Waals surface area contributed by atoms with Crippen molar-refractivity contribution in [3.8, 4) is 0 Å². The highest BCUT2D eigenvalue weighted by Crippen LogP contribution is 2.18. The summed E-state index contributed by atoms with van der Waals surface area (Å²) in [4.78, 5) is 13.5. The van der Waals surface area contributed by atoms with Crippen molar-refractivity contribution in [2.24, 2.45) is 5.92 Å². The molecular weight excluding hydrogens is 268 g/mol. The number of nitrogens with zero attached hydrogens (tertiary/aromatic N) is 1. The molecule has 1 rings (SSSR count). The average Bonchev–Trinajstić information content (AvgIpc) is 2.72. The van der Waals surface area contributed by atoms with Crippen LogP contribution in [0.2, 0.25) is 0 Å². The van der Waals surface area contributed by atoms with Crippen LogP contribution in [0, 0.1) is 5.92 Å². The molecule has 1 aliphatic rings. The molecule has 1 heterocycles. The zero-order valence-electron chi connectivity index (χ0n) is 14.4. The van der Waals surface area contributed by atoms with Gasteiger partial charge < -0.3 is 19.7 Å². The number of hydrogen-bond acceptors (Lipinski definition) is 4. The number of carbonyl (C=O) groups excluding carboxylic acids is 1. The molecule has 0 aliphatic carbocycles. The van der Waals surface area contributed by atoms with E-state index in [0.29, 0.717) is 24.7 Å². The maximum Gasteiger partial charge on any atom is 0.410 e. The summed E-state index contributed by atoms with van der Waals surface area (Å²) in [5.41, 5.74) is -0.441. The summed E-state index contributed by atoms with van der Waals surface area (Å²) in [7, 11) is 1.78. The van der Waals surface area contributed by atoms with E-state index in [9.17, 15) is 4.79 Å². The van der Waals surface area contributed by atoms with Gasteiger partial charge in [-0.25, -0.2) is 4.79 Å². The van der Waals surface area contributed by atoms with Crippen LogP contribution in [-0.2, 0) is 9.47 Å². The van der Waals surface area contributed by atoms with Crippen LogP contribution in [0.5, 0.6) is 0 Å². The smallest absolute Gasteiger partial charge is 0.410 e. The summed E-state index contributed by atoms with van der Waals surface area (Å²) in [6.45, 7) is 12.4. The fourth-order valence-corrected chi connectivity index (χ4v) is 2.47. The molecule has 0 aromatic heterocycles. The summed E-state index contributed by atoms with van der Waals surface area (Å²) in [6.07, 6.45) is 2.77. The minimum absolute atomic E-state index is 0.262. The Kier molecular flexibility index (Phi) is 6.94. The molecule has 21 heavy (non-hydrogen) atoms. The van der Waals surface area contributed by atoms with E-state index in [1.807, 2.05) is 20.8 Å². The lowest BCUT2D eigenvalue weighted by molar-refractivity contribution is 0.0273. The Balaban J connectivity index is 2.17. The molecule has 0 aromatic rings. The molecule has 1 amide bonds. The highest BCUT2D eigenvalue weighted by molar-refractivity contribution is 5.67. The van der Waals surface area contributed by atoms with Crippen molar-refractivity contribution >= 4 is 6.09 Å². The second-order valence-electron chi connectivity index (χ2n) is 7.27. The van der Waals surface area contributed by atoms with Gasteiger partial charge in [0.1, 0.15) is 5.60 Å². The third kappa shape index (κ3) is 7.67. The van der Waals surface area contributed by atoms with Crippen molar-refractivity contribution in [2.75, 3.05) is 26.7 Å². The van der Waals surface area contributed by atoms with Crippen molar-refractivity contribution in [1.29, 1.82) is 0 Å². The molecule has 5 nitrogen and oxygen atoms in total. The number of hydrogen-bond donors (Lipinski definition) is 1. The van der Waals surface area contributed by atoms with Crippen molar-refractivity contribution in [3.63, 3.8) is 0 Å². The second kappa shape index (κ2) is 7.99. The second-order valence-corrected chi connectivity index (χ2v) is 7.27. The molecule has 0 saturated carbocycles. The van der Waals surface area contributed by atoms with E-state index in [2.05, 4.69) is 19.2 Å². The van der Waals surface area contributed by atoms with Gasteiger partial charge in [0.15, 0.2) is 0 Å². The van der Waals surface area contributed by atoms with Crippen LogP contribution in [0.4, 0.5) is 4.79 Å². The van der Waals surface area contributed by atoms with Gasteiger partial charge in [-0.05, 0) is 53.0 Å². The van der Waals surface area contributed by atoms with Gasteiger partial charge in [-0.2, -0.15) is 0 Å². The predicted molar refractivity (Wildman–Crippen MR) is 84.5 cm³/mol. The Labute approximate surface area is 129 Å². The Morgan fingerprint density at radius 3 is 2.62 bits per heavy atom. The molecule has 3 unspecified atom stereocenters. The quantitative estimate of drug-likeness (QED) is 0.819.